The first-order valence-corrected chi connectivity index (χ1v) is 15.6. The molecule has 0 heterocycles. The zero-order valence-electron chi connectivity index (χ0n) is 23.3. The number of thioether (sulfide) groups is 1. The third-order valence-corrected chi connectivity index (χ3v) is 8.00. The van der Waals surface area contributed by atoms with Crippen molar-refractivity contribution in [2.45, 2.75) is 115 Å². The largest absolute Gasteiger partial charge is 0.295 e. The van der Waals surface area contributed by atoms with Crippen LogP contribution in [0.2, 0.25) is 0 Å². The molecule has 0 aromatic heterocycles. The van der Waals surface area contributed by atoms with Crippen LogP contribution in [0, 0.1) is 0 Å². The average Bonchev–Trinajstić information content (AvgIpc) is 2.92. The summed E-state index contributed by atoms with van der Waals surface area (Å²) < 4.78 is 0. The van der Waals surface area contributed by atoms with Gasteiger partial charge < -0.3 is 0 Å². The number of unbranched alkanes of at least 4 members (excludes halogenated alkanes) is 14. The van der Waals surface area contributed by atoms with Gasteiger partial charge in [-0.15, -0.1) is 11.8 Å². The van der Waals surface area contributed by atoms with E-state index in [0.717, 1.165) is 11.3 Å². The molecule has 202 valence electrons. The van der Waals surface area contributed by atoms with Crippen LogP contribution in [0.25, 0.3) is 6.08 Å². The van der Waals surface area contributed by atoms with Gasteiger partial charge in [0.15, 0.2) is 11.6 Å². The van der Waals surface area contributed by atoms with Crippen LogP contribution in [-0.4, -0.2) is 17.3 Å². The summed E-state index contributed by atoms with van der Waals surface area (Å²) in [5.74, 6) is 1.18. The molecule has 0 unspecified atom stereocenters. The quantitative estimate of drug-likeness (QED) is 0.0710. The van der Waals surface area contributed by atoms with E-state index in [1.54, 1.807) is 31.2 Å². The minimum atomic E-state index is -0.00500. The van der Waals surface area contributed by atoms with E-state index in [-0.39, 0.29) is 11.6 Å². The Hall–Kier alpha value is -2.13. The molecule has 37 heavy (non-hydrogen) atoms. The van der Waals surface area contributed by atoms with Crippen LogP contribution in [0.1, 0.15) is 136 Å². The molecule has 2 aromatic carbocycles. The Morgan fingerprint density at radius 1 is 0.622 bits per heavy atom. The molecular weight excluding hydrogens is 472 g/mol. The van der Waals surface area contributed by atoms with Crippen molar-refractivity contribution >= 4 is 29.4 Å². The molecule has 0 N–H and O–H groups in total. The first-order chi connectivity index (χ1) is 18.1. The second-order valence-electron chi connectivity index (χ2n) is 10.2. The molecule has 2 nitrogen and oxygen atoms in total. The fourth-order valence-electron chi connectivity index (χ4n) is 4.48. The molecule has 2 rings (SSSR count). The topological polar surface area (TPSA) is 34.1 Å². The third kappa shape index (κ3) is 14.4. The summed E-state index contributed by atoms with van der Waals surface area (Å²) >= 11 is 1.88. The second kappa shape index (κ2) is 19.9. The summed E-state index contributed by atoms with van der Waals surface area (Å²) in [7, 11) is 0. The number of benzene rings is 2. The van der Waals surface area contributed by atoms with Crippen LogP contribution in [0.4, 0.5) is 0 Å². The van der Waals surface area contributed by atoms with Gasteiger partial charge in [0.1, 0.15) is 0 Å². The summed E-state index contributed by atoms with van der Waals surface area (Å²) in [6.45, 7) is 3.84. The standard InChI is InChI=1S/C34H48O2S/c1-3-4-5-6-7-8-9-10-11-12-13-14-15-16-17-28-37-33-25-23-32(24-26-33)34(36)27-20-30-18-21-31(22-19-30)29(2)35/h18-27H,3-17,28H2,1-2H3/b27-20+. The maximum Gasteiger partial charge on any atom is 0.185 e. The lowest BCUT2D eigenvalue weighted by molar-refractivity contribution is 0.101. The Kier molecular flexibility index (Phi) is 16.7. The SMILES string of the molecule is CCCCCCCCCCCCCCCCCSc1ccc(C(=O)/C=C/c2ccc(C(C)=O)cc2)cc1. The fraction of sp³-hybridized carbons (Fsp3) is 0.529. The minimum Gasteiger partial charge on any atom is -0.295 e. The van der Waals surface area contributed by atoms with E-state index >= 15 is 0 Å². The van der Waals surface area contributed by atoms with E-state index in [0.29, 0.717) is 11.1 Å². The molecule has 0 aliphatic heterocycles. The highest BCUT2D eigenvalue weighted by molar-refractivity contribution is 7.99. The maximum absolute atomic E-state index is 12.5. The van der Waals surface area contributed by atoms with Gasteiger partial charge in [0.25, 0.3) is 0 Å². The number of rotatable bonds is 21. The summed E-state index contributed by atoms with van der Waals surface area (Å²) in [5.41, 5.74) is 2.29. The summed E-state index contributed by atoms with van der Waals surface area (Å²) in [6, 6.07) is 15.2. The highest BCUT2D eigenvalue weighted by Gasteiger charge is 2.03. The monoisotopic (exact) mass is 520 g/mol. The van der Waals surface area contributed by atoms with E-state index in [1.165, 1.54) is 101 Å². The van der Waals surface area contributed by atoms with Crippen molar-refractivity contribution in [1.29, 1.82) is 0 Å². The Labute approximate surface area is 230 Å². The van der Waals surface area contributed by atoms with E-state index in [9.17, 15) is 9.59 Å². The number of Topliss-reactive ketones (excluding diaryl/α,β-unsaturated/α-hetero) is 1. The highest BCUT2D eigenvalue weighted by Crippen LogP contribution is 2.21. The number of allylic oxidation sites excluding steroid dienone is 1. The number of ketones is 2. The number of carbonyl (C=O) groups is 2. The van der Waals surface area contributed by atoms with Crippen molar-refractivity contribution in [2.75, 3.05) is 5.75 Å². The maximum atomic E-state index is 12.5. The minimum absolute atomic E-state index is 0.00500. The van der Waals surface area contributed by atoms with E-state index in [4.69, 9.17) is 0 Å². The van der Waals surface area contributed by atoms with Gasteiger partial charge >= 0.3 is 0 Å². The van der Waals surface area contributed by atoms with Crippen molar-refractivity contribution in [1.82, 2.24) is 0 Å². The Balaban J connectivity index is 1.48. The van der Waals surface area contributed by atoms with Crippen molar-refractivity contribution in [2.24, 2.45) is 0 Å². The van der Waals surface area contributed by atoms with Crippen LogP contribution in [0.15, 0.2) is 59.5 Å². The summed E-state index contributed by atoms with van der Waals surface area (Å²) in [6.07, 6.45) is 24.3. The van der Waals surface area contributed by atoms with Crippen LogP contribution in [0.5, 0.6) is 0 Å². The normalized spacial score (nSPS) is 11.3. The molecule has 3 heteroatoms. The van der Waals surface area contributed by atoms with Crippen molar-refractivity contribution < 1.29 is 9.59 Å². The van der Waals surface area contributed by atoms with Gasteiger partial charge in [-0.1, -0.05) is 127 Å². The molecule has 0 amide bonds. The van der Waals surface area contributed by atoms with Gasteiger partial charge in [0, 0.05) is 16.0 Å². The van der Waals surface area contributed by atoms with Gasteiger partial charge in [-0.25, -0.2) is 0 Å². The zero-order chi connectivity index (χ0) is 26.6. The molecule has 0 fully saturated rings. The van der Waals surface area contributed by atoms with Crippen molar-refractivity contribution in [3.8, 4) is 0 Å². The van der Waals surface area contributed by atoms with Gasteiger partial charge in [0.2, 0.25) is 0 Å². The van der Waals surface area contributed by atoms with Gasteiger partial charge in [-0.2, -0.15) is 0 Å². The van der Waals surface area contributed by atoms with Crippen LogP contribution in [0.3, 0.4) is 0 Å². The van der Waals surface area contributed by atoms with E-state index in [1.807, 2.05) is 36.0 Å². The van der Waals surface area contributed by atoms with E-state index in [2.05, 4.69) is 19.1 Å². The lowest BCUT2D eigenvalue weighted by Gasteiger charge is -2.04. The second-order valence-corrected chi connectivity index (χ2v) is 11.4. The number of carbonyl (C=O) groups excluding carboxylic acids is 2. The lowest BCUT2D eigenvalue weighted by atomic mass is 10.0. The number of hydrogen-bond acceptors (Lipinski definition) is 3. The Bertz CT molecular complexity index is 912. The summed E-state index contributed by atoms with van der Waals surface area (Å²) in [5, 5.41) is 0. The van der Waals surface area contributed by atoms with Crippen LogP contribution in [-0.2, 0) is 0 Å². The molecule has 0 aliphatic carbocycles. The Morgan fingerprint density at radius 3 is 1.57 bits per heavy atom. The molecule has 0 saturated heterocycles. The molecule has 0 radical (unpaired) electrons. The van der Waals surface area contributed by atoms with Crippen molar-refractivity contribution in [3.63, 3.8) is 0 Å². The molecule has 0 bridgehead atoms. The molecule has 0 spiro atoms. The molecule has 2 aromatic rings. The van der Waals surface area contributed by atoms with Gasteiger partial charge in [-0.3, -0.25) is 9.59 Å². The summed E-state index contributed by atoms with van der Waals surface area (Å²) in [4.78, 5) is 25.1. The van der Waals surface area contributed by atoms with Gasteiger partial charge in [-0.05, 0) is 55.0 Å². The smallest absolute Gasteiger partial charge is 0.185 e. The molecule has 0 atom stereocenters. The van der Waals surface area contributed by atoms with Gasteiger partial charge in [0.05, 0.1) is 0 Å². The average molecular weight is 521 g/mol. The predicted octanol–water partition coefficient (Wildman–Crippen LogP) is 10.7. The molecular formula is C34H48O2S. The first-order valence-electron chi connectivity index (χ1n) is 14.7. The van der Waals surface area contributed by atoms with Crippen molar-refractivity contribution in [3.05, 3.63) is 71.3 Å². The van der Waals surface area contributed by atoms with E-state index < -0.39 is 0 Å². The van der Waals surface area contributed by atoms with Crippen LogP contribution >= 0.6 is 11.8 Å². The first kappa shape index (κ1) is 31.1. The predicted molar refractivity (Wildman–Crippen MR) is 162 cm³/mol. The lowest BCUT2D eigenvalue weighted by Crippen LogP contribution is -1.94. The number of hydrogen-bond donors (Lipinski definition) is 0. The molecule has 0 saturated carbocycles. The fourth-order valence-corrected chi connectivity index (χ4v) is 5.39. The Morgan fingerprint density at radius 2 is 1.08 bits per heavy atom. The zero-order valence-corrected chi connectivity index (χ0v) is 24.1. The highest BCUT2D eigenvalue weighted by atomic mass is 32.2. The molecule has 0 aliphatic rings. The third-order valence-electron chi connectivity index (χ3n) is 6.90. The van der Waals surface area contributed by atoms with Crippen LogP contribution < -0.4 is 0 Å².